The number of rotatable bonds is 3. The van der Waals surface area contributed by atoms with E-state index in [0.29, 0.717) is 12.2 Å². The first-order valence-corrected chi connectivity index (χ1v) is 6.03. The molecule has 88 valence electrons. The van der Waals surface area contributed by atoms with Crippen molar-refractivity contribution in [3.63, 3.8) is 0 Å². The van der Waals surface area contributed by atoms with Gasteiger partial charge in [-0.3, -0.25) is 4.79 Å². The number of hydrogen-bond donors (Lipinski definition) is 2. The smallest absolute Gasteiger partial charge is 0.252 e. The quantitative estimate of drug-likeness (QED) is 0.908. The van der Waals surface area contributed by atoms with E-state index in [9.17, 15) is 4.79 Å². The molecule has 4 nitrogen and oxygen atoms in total. The van der Waals surface area contributed by atoms with Gasteiger partial charge < -0.3 is 10.7 Å². The molecule has 0 aliphatic carbocycles. The Hall–Kier alpha value is -1.62. The number of nitrogens with one attached hydrogen (secondary N) is 1. The lowest BCUT2D eigenvalue weighted by atomic mass is 10.1. The summed E-state index contributed by atoms with van der Waals surface area (Å²) in [4.78, 5) is 17.9. The van der Waals surface area contributed by atoms with Gasteiger partial charge in [0.25, 0.3) is 5.56 Å². The van der Waals surface area contributed by atoms with E-state index in [1.807, 2.05) is 24.3 Å². The number of nitrogen functional groups attached to an aromatic ring is 1. The highest BCUT2D eigenvalue weighted by Crippen LogP contribution is 2.11. The monoisotopic (exact) mass is 293 g/mol. The standard InChI is InChI=1S/C12H12BrN3O/c13-9-4-1-8(2-5-9)3-6-11-15-10(14)7-12(17)16-11/h1-2,4-5,7H,3,6H2,(H3,14,15,16,17). The SMILES string of the molecule is Nc1cc(=O)[nH]c(CCc2ccc(Br)cc2)n1. The summed E-state index contributed by atoms with van der Waals surface area (Å²) in [7, 11) is 0. The van der Waals surface area contributed by atoms with Gasteiger partial charge in [-0.2, -0.15) is 0 Å². The predicted molar refractivity (Wildman–Crippen MR) is 70.8 cm³/mol. The van der Waals surface area contributed by atoms with Crippen molar-refractivity contribution in [1.29, 1.82) is 0 Å². The number of nitrogens with zero attached hydrogens (tertiary/aromatic N) is 1. The van der Waals surface area contributed by atoms with Crippen molar-refractivity contribution in [3.05, 3.63) is 56.5 Å². The first-order valence-electron chi connectivity index (χ1n) is 5.23. The van der Waals surface area contributed by atoms with Crippen molar-refractivity contribution in [3.8, 4) is 0 Å². The van der Waals surface area contributed by atoms with Crippen LogP contribution in [-0.2, 0) is 12.8 Å². The molecule has 1 aromatic heterocycles. The molecule has 0 bridgehead atoms. The molecular weight excluding hydrogens is 282 g/mol. The summed E-state index contributed by atoms with van der Waals surface area (Å²) in [6, 6.07) is 9.34. The van der Waals surface area contributed by atoms with E-state index in [-0.39, 0.29) is 11.4 Å². The molecular formula is C12H12BrN3O. The lowest BCUT2D eigenvalue weighted by Gasteiger charge is -2.02. The predicted octanol–water partition coefficient (Wildman–Crippen LogP) is 1.90. The summed E-state index contributed by atoms with van der Waals surface area (Å²) in [5.41, 5.74) is 6.50. The van der Waals surface area contributed by atoms with E-state index in [2.05, 4.69) is 25.9 Å². The molecule has 3 N–H and O–H groups in total. The largest absolute Gasteiger partial charge is 0.383 e. The highest BCUT2D eigenvalue weighted by molar-refractivity contribution is 9.10. The van der Waals surface area contributed by atoms with Crippen LogP contribution in [0.25, 0.3) is 0 Å². The minimum absolute atomic E-state index is 0.205. The van der Waals surface area contributed by atoms with Crippen LogP contribution in [0.5, 0.6) is 0 Å². The van der Waals surface area contributed by atoms with Gasteiger partial charge in [-0.05, 0) is 24.1 Å². The zero-order valence-corrected chi connectivity index (χ0v) is 10.7. The number of benzene rings is 1. The molecule has 5 heteroatoms. The molecule has 0 radical (unpaired) electrons. The van der Waals surface area contributed by atoms with Gasteiger partial charge in [-0.1, -0.05) is 28.1 Å². The fourth-order valence-electron chi connectivity index (χ4n) is 1.56. The van der Waals surface area contributed by atoms with Gasteiger partial charge in [0.2, 0.25) is 0 Å². The Kier molecular flexibility index (Phi) is 3.58. The summed E-state index contributed by atoms with van der Waals surface area (Å²) in [6.07, 6.45) is 1.49. The molecule has 1 aromatic carbocycles. The summed E-state index contributed by atoms with van der Waals surface area (Å²) in [5, 5.41) is 0. The van der Waals surface area contributed by atoms with Gasteiger partial charge in [0.05, 0.1) is 0 Å². The molecule has 0 atom stereocenters. The number of anilines is 1. The molecule has 0 aliphatic heterocycles. The Bertz CT molecular complexity index is 563. The molecule has 0 amide bonds. The van der Waals surface area contributed by atoms with Crippen LogP contribution in [0, 0.1) is 0 Å². The van der Waals surface area contributed by atoms with Crippen molar-refractivity contribution >= 4 is 21.7 Å². The molecule has 2 rings (SSSR count). The third-order valence-electron chi connectivity index (χ3n) is 2.37. The Labute approximate surface area is 107 Å². The first kappa shape index (κ1) is 11.9. The van der Waals surface area contributed by atoms with Crippen molar-refractivity contribution in [2.45, 2.75) is 12.8 Å². The van der Waals surface area contributed by atoms with E-state index in [1.54, 1.807) is 0 Å². The van der Waals surface area contributed by atoms with Crippen LogP contribution in [-0.4, -0.2) is 9.97 Å². The van der Waals surface area contributed by atoms with Gasteiger partial charge >= 0.3 is 0 Å². The number of aryl methyl sites for hydroxylation is 2. The number of aromatic nitrogens is 2. The number of hydrogen-bond acceptors (Lipinski definition) is 3. The third kappa shape index (κ3) is 3.42. The van der Waals surface area contributed by atoms with Crippen LogP contribution < -0.4 is 11.3 Å². The van der Waals surface area contributed by atoms with Crippen LogP contribution in [0.2, 0.25) is 0 Å². The zero-order valence-electron chi connectivity index (χ0n) is 9.11. The van der Waals surface area contributed by atoms with Gasteiger partial charge in [-0.15, -0.1) is 0 Å². The Balaban J connectivity index is 2.07. The van der Waals surface area contributed by atoms with Gasteiger partial charge in [0.1, 0.15) is 11.6 Å². The van der Waals surface area contributed by atoms with Crippen molar-refractivity contribution < 1.29 is 0 Å². The maximum absolute atomic E-state index is 11.2. The van der Waals surface area contributed by atoms with Gasteiger partial charge in [0, 0.05) is 17.0 Å². The van der Waals surface area contributed by atoms with Crippen molar-refractivity contribution in [1.82, 2.24) is 9.97 Å². The molecule has 1 heterocycles. The second-order valence-electron chi connectivity index (χ2n) is 3.74. The Morgan fingerprint density at radius 2 is 1.94 bits per heavy atom. The maximum Gasteiger partial charge on any atom is 0.252 e. The van der Waals surface area contributed by atoms with Crippen LogP contribution in [0.4, 0.5) is 5.82 Å². The normalized spacial score (nSPS) is 10.4. The fourth-order valence-corrected chi connectivity index (χ4v) is 1.83. The summed E-state index contributed by atoms with van der Waals surface area (Å²) in [5.74, 6) is 0.887. The number of nitrogens with two attached hydrogens (primary N) is 1. The molecule has 0 unspecified atom stereocenters. The lowest BCUT2D eigenvalue weighted by Crippen LogP contribution is -2.12. The van der Waals surface area contributed by atoms with Gasteiger partial charge in [0.15, 0.2) is 0 Å². The number of H-pyrrole nitrogens is 1. The van der Waals surface area contributed by atoms with E-state index >= 15 is 0 Å². The number of halogens is 1. The Morgan fingerprint density at radius 3 is 2.59 bits per heavy atom. The maximum atomic E-state index is 11.2. The number of aromatic amines is 1. The fraction of sp³-hybridized carbons (Fsp3) is 0.167. The summed E-state index contributed by atoms with van der Waals surface area (Å²) in [6.45, 7) is 0. The summed E-state index contributed by atoms with van der Waals surface area (Å²) >= 11 is 3.38. The molecule has 17 heavy (non-hydrogen) atoms. The average Bonchev–Trinajstić information content (AvgIpc) is 2.27. The second-order valence-corrected chi connectivity index (χ2v) is 4.66. The highest BCUT2D eigenvalue weighted by atomic mass is 79.9. The zero-order chi connectivity index (χ0) is 12.3. The van der Waals surface area contributed by atoms with E-state index in [1.165, 1.54) is 11.6 Å². The lowest BCUT2D eigenvalue weighted by molar-refractivity contribution is 0.851. The first-order chi connectivity index (χ1) is 8.13. The molecule has 0 saturated carbocycles. The van der Waals surface area contributed by atoms with Crippen LogP contribution >= 0.6 is 15.9 Å². The van der Waals surface area contributed by atoms with Crippen LogP contribution in [0.1, 0.15) is 11.4 Å². The van der Waals surface area contributed by atoms with E-state index in [0.717, 1.165) is 10.9 Å². The molecule has 0 saturated heterocycles. The van der Waals surface area contributed by atoms with Crippen LogP contribution in [0.3, 0.4) is 0 Å². The van der Waals surface area contributed by atoms with E-state index < -0.39 is 0 Å². The average molecular weight is 294 g/mol. The van der Waals surface area contributed by atoms with Gasteiger partial charge in [-0.25, -0.2) is 4.98 Å². The van der Waals surface area contributed by atoms with Crippen molar-refractivity contribution in [2.75, 3.05) is 5.73 Å². The minimum atomic E-state index is -0.205. The van der Waals surface area contributed by atoms with Crippen molar-refractivity contribution in [2.24, 2.45) is 0 Å². The highest BCUT2D eigenvalue weighted by Gasteiger charge is 2.00. The van der Waals surface area contributed by atoms with E-state index in [4.69, 9.17) is 5.73 Å². The molecule has 0 fully saturated rings. The minimum Gasteiger partial charge on any atom is -0.383 e. The molecule has 0 spiro atoms. The summed E-state index contributed by atoms with van der Waals surface area (Å²) < 4.78 is 1.05. The Morgan fingerprint density at radius 1 is 1.24 bits per heavy atom. The topological polar surface area (TPSA) is 71.8 Å². The third-order valence-corrected chi connectivity index (χ3v) is 2.90. The molecule has 0 aliphatic rings. The van der Waals surface area contributed by atoms with Crippen LogP contribution in [0.15, 0.2) is 39.6 Å². The second kappa shape index (κ2) is 5.14. The molecule has 2 aromatic rings.